The SMILES string of the molecule is Nc1cc2c(=O)[nH]cnc2cc1NCC1CCCCC1O. The smallest absolute Gasteiger partial charge is 0.258 e. The molecule has 112 valence electrons. The molecule has 1 aliphatic rings. The van der Waals surface area contributed by atoms with E-state index in [-0.39, 0.29) is 17.6 Å². The van der Waals surface area contributed by atoms with Gasteiger partial charge in [0.1, 0.15) is 0 Å². The Kier molecular flexibility index (Phi) is 3.79. The number of aliphatic hydroxyl groups excluding tert-OH is 1. The van der Waals surface area contributed by atoms with Crippen molar-refractivity contribution in [3.05, 3.63) is 28.8 Å². The molecule has 1 aromatic carbocycles. The molecule has 0 saturated heterocycles. The van der Waals surface area contributed by atoms with E-state index in [4.69, 9.17) is 5.73 Å². The largest absolute Gasteiger partial charge is 0.397 e. The Labute approximate surface area is 122 Å². The van der Waals surface area contributed by atoms with E-state index in [0.717, 1.165) is 31.4 Å². The molecule has 1 aliphatic carbocycles. The van der Waals surface area contributed by atoms with Crippen LogP contribution in [-0.4, -0.2) is 27.7 Å². The fourth-order valence-electron chi connectivity index (χ4n) is 2.95. The molecule has 6 nitrogen and oxygen atoms in total. The fourth-order valence-corrected chi connectivity index (χ4v) is 2.95. The zero-order valence-corrected chi connectivity index (χ0v) is 11.8. The van der Waals surface area contributed by atoms with Gasteiger partial charge in [-0.1, -0.05) is 12.8 Å². The van der Waals surface area contributed by atoms with E-state index in [1.165, 1.54) is 6.33 Å². The number of anilines is 2. The first-order chi connectivity index (χ1) is 10.1. The quantitative estimate of drug-likeness (QED) is 0.640. The summed E-state index contributed by atoms with van der Waals surface area (Å²) in [5.74, 6) is 0.251. The first kappa shape index (κ1) is 13.9. The number of fused-ring (bicyclic) bond motifs is 1. The lowest BCUT2D eigenvalue weighted by molar-refractivity contribution is 0.0763. The van der Waals surface area contributed by atoms with Gasteiger partial charge in [-0.2, -0.15) is 0 Å². The van der Waals surface area contributed by atoms with Crippen molar-refractivity contribution in [2.45, 2.75) is 31.8 Å². The van der Waals surface area contributed by atoms with Crippen molar-refractivity contribution >= 4 is 22.3 Å². The molecule has 1 fully saturated rings. The van der Waals surface area contributed by atoms with Gasteiger partial charge in [0.15, 0.2) is 0 Å². The lowest BCUT2D eigenvalue weighted by Crippen LogP contribution is -2.30. The number of aromatic nitrogens is 2. The highest BCUT2D eigenvalue weighted by atomic mass is 16.3. The van der Waals surface area contributed by atoms with E-state index in [9.17, 15) is 9.90 Å². The van der Waals surface area contributed by atoms with Gasteiger partial charge in [-0.15, -0.1) is 0 Å². The zero-order chi connectivity index (χ0) is 14.8. The third kappa shape index (κ3) is 2.85. The molecule has 1 saturated carbocycles. The molecule has 2 unspecified atom stereocenters. The van der Waals surface area contributed by atoms with Crippen molar-refractivity contribution in [3.8, 4) is 0 Å². The van der Waals surface area contributed by atoms with Crippen molar-refractivity contribution in [1.82, 2.24) is 9.97 Å². The summed E-state index contributed by atoms with van der Waals surface area (Å²) in [7, 11) is 0. The lowest BCUT2D eigenvalue weighted by Gasteiger charge is -2.28. The van der Waals surface area contributed by atoms with Crippen LogP contribution in [0.1, 0.15) is 25.7 Å². The lowest BCUT2D eigenvalue weighted by atomic mass is 9.86. The summed E-state index contributed by atoms with van der Waals surface area (Å²) in [5.41, 5.74) is 7.70. The number of nitrogen functional groups attached to an aromatic ring is 1. The molecule has 5 N–H and O–H groups in total. The minimum atomic E-state index is -0.242. The Bertz CT molecular complexity index is 698. The summed E-state index contributed by atoms with van der Waals surface area (Å²) < 4.78 is 0. The van der Waals surface area contributed by atoms with Gasteiger partial charge in [0.05, 0.1) is 34.7 Å². The molecule has 0 spiro atoms. The van der Waals surface area contributed by atoms with E-state index in [1.807, 2.05) is 0 Å². The van der Waals surface area contributed by atoms with Gasteiger partial charge in [-0.05, 0) is 25.0 Å². The van der Waals surface area contributed by atoms with Gasteiger partial charge in [-0.25, -0.2) is 4.98 Å². The maximum Gasteiger partial charge on any atom is 0.258 e. The van der Waals surface area contributed by atoms with Crippen molar-refractivity contribution in [1.29, 1.82) is 0 Å². The van der Waals surface area contributed by atoms with Gasteiger partial charge in [0.2, 0.25) is 0 Å². The highest BCUT2D eigenvalue weighted by molar-refractivity contribution is 5.88. The third-order valence-electron chi connectivity index (χ3n) is 4.24. The van der Waals surface area contributed by atoms with Crippen molar-refractivity contribution in [2.75, 3.05) is 17.6 Å². The average Bonchev–Trinajstić information content (AvgIpc) is 2.48. The van der Waals surface area contributed by atoms with Crippen LogP contribution in [0, 0.1) is 5.92 Å². The number of nitrogens with two attached hydrogens (primary N) is 1. The van der Waals surface area contributed by atoms with Gasteiger partial charge in [-0.3, -0.25) is 4.79 Å². The molecular formula is C15H20N4O2. The molecule has 0 bridgehead atoms. The van der Waals surface area contributed by atoms with Gasteiger partial charge >= 0.3 is 0 Å². The Morgan fingerprint density at radius 2 is 2.19 bits per heavy atom. The number of hydrogen-bond donors (Lipinski definition) is 4. The van der Waals surface area contributed by atoms with E-state index < -0.39 is 0 Å². The Morgan fingerprint density at radius 3 is 3.00 bits per heavy atom. The molecule has 1 aromatic heterocycles. The number of H-pyrrole nitrogens is 1. The Hall–Kier alpha value is -2.08. The van der Waals surface area contributed by atoms with Gasteiger partial charge in [0.25, 0.3) is 5.56 Å². The molecular weight excluding hydrogens is 268 g/mol. The summed E-state index contributed by atoms with van der Waals surface area (Å²) in [6, 6.07) is 3.43. The van der Waals surface area contributed by atoms with Crippen molar-refractivity contribution < 1.29 is 5.11 Å². The fraction of sp³-hybridized carbons (Fsp3) is 0.467. The molecule has 21 heavy (non-hydrogen) atoms. The topological polar surface area (TPSA) is 104 Å². The first-order valence-electron chi connectivity index (χ1n) is 7.34. The molecule has 0 aliphatic heterocycles. The van der Waals surface area contributed by atoms with Crippen molar-refractivity contribution in [2.24, 2.45) is 5.92 Å². The standard InChI is InChI=1S/C15H20N4O2/c16-11-5-10-12(18-8-19-15(10)21)6-13(11)17-7-9-3-1-2-4-14(9)20/h5-6,8-9,14,17,20H,1-4,7,16H2,(H,18,19,21). The molecule has 6 heteroatoms. The summed E-state index contributed by atoms with van der Waals surface area (Å²) in [5, 5.41) is 13.8. The minimum Gasteiger partial charge on any atom is -0.397 e. The minimum absolute atomic E-state index is 0.194. The van der Waals surface area contributed by atoms with Crippen LogP contribution in [0.3, 0.4) is 0 Å². The average molecular weight is 288 g/mol. The number of aromatic amines is 1. The maximum atomic E-state index is 11.7. The first-order valence-corrected chi connectivity index (χ1v) is 7.34. The molecule has 3 rings (SSSR count). The number of nitrogens with zero attached hydrogens (tertiary/aromatic N) is 1. The maximum absolute atomic E-state index is 11.7. The van der Waals surface area contributed by atoms with Crippen LogP contribution in [0.25, 0.3) is 10.9 Å². The van der Waals surface area contributed by atoms with Gasteiger partial charge in [0, 0.05) is 12.5 Å². The van der Waals surface area contributed by atoms with Gasteiger partial charge < -0.3 is 21.1 Å². The normalized spacial score (nSPS) is 22.3. The zero-order valence-electron chi connectivity index (χ0n) is 11.8. The third-order valence-corrected chi connectivity index (χ3v) is 4.24. The number of hydrogen-bond acceptors (Lipinski definition) is 5. The van der Waals surface area contributed by atoms with Crippen molar-refractivity contribution in [3.63, 3.8) is 0 Å². The molecule has 1 heterocycles. The number of rotatable bonds is 3. The van der Waals surface area contributed by atoms with Crippen LogP contribution in [0.15, 0.2) is 23.3 Å². The molecule has 0 radical (unpaired) electrons. The Morgan fingerprint density at radius 1 is 1.38 bits per heavy atom. The van der Waals surface area contributed by atoms with E-state index in [0.29, 0.717) is 23.1 Å². The van der Waals surface area contributed by atoms with Crippen LogP contribution in [0.5, 0.6) is 0 Å². The van der Waals surface area contributed by atoms with E-state index in [1.54, 1.807) is 12.1 Å². The Balaban J connectivity index is 1.80. The van der Waals surface area contributed by atoms with Crippen LogP contribution >= 0.6 is 0 Å². The van der Waals surface area contributed by atoms with E-state index >= 15 is 0 Å². The van der Waals surface area contributed by atoms with E-state index in [2.05, 4.69) is 15.3 Å². The van der Waals surface area contributed by atoms with Crippen LogP contribution in [0.4, 0.5) is 11.4 Å². The highest BCUT2D eigenvalue weighted by Gasteiger charge is 2.22. The second-order valence-electron chi connectivity index (χ2n) is 5.68. The number of benzene rings is 1. The number of nitrogens with one attached hydrogen (secondary N) is 2. The molecule has 2 aromatic rings. The second-order valence-corrected chi connectivity index (χ2v) is 5.68. The summed E-state index contributed by atoms with van der Waals surface area (Å²) >= 11 is 0. The molecule has 2 atom stereocenters. The summed E-state index contributed by atoms with van der Waals surface area (Å²) in [6.45, 7) is 0.681. The second kappa shape index (κ2) is 5.73. The molecule has 0 amide bonds. The van der Waals surface area contributed by atoms with Crippen LogP contribution < -0.4 is 16.6 Å². The van der Waals surface area contributed by atoms with Crippen LogP contribution in [0.2, 0.25) is 0 Å². The summed E-state index contributed by atoms with van der Waals surface area (Å²) in [6.07, 6.45) is 5.30. The highest BCUT2D eigenvalue weighted by Crippen LogP contribution is 2.27. The number of aliphatic hydroxyl groups is 1. The van der Waals surface area contributed by atoms with Crippen LogP contribution in [-0.2, 0) is 0 Å². The monoisotopic (exact) mass is 288 g/mol. The summed E-state index contributed by atoms with van der Waals surface area (Å²) in [4.78, 5) is 18.4. The predicted octanol–water partition coefficient (Wildman–Crippen LogP) is 1.47. The predicted molar refractivity (Wildman–Crippen MR) is 83.2 cm³/mol.